The molecule has 0 atom stereocenters. The van der Waals surface area contributed by atoms with E-state index in [0.29, 0.717) is 6.42 Å². The summed E-state index contributed by atoms with van der Waals surface area (Å²) in [5, 5.41) is 9.82. The molecule has 106 valence electrons. The van der Waals surface area contributed by atoms with Gasteiger partial charge in [-0.05, 0) is 31.4 Å². The number of aryl methyl sites for hydroxylation is 1. The van der Waals surface area contributed by atoms with Gasteiger partial charge < -0.3 is 4.98 Å². The van der Waals surface area contributed by atoms with Crippen LogP contribution in [0.4, 0.5) is 0 Å². The number of ketones is 1. The van der Waals surface area contributed by atoms with Crippen molar-refractivity contribution < 1.29 is 4.79 Å². The lowest BCUT2D eigenvalue weighted by Gasteiger charge is -2.11. The molecule has 0 saturated heterocycles. The summed E-state index contributed by atoms with van der Waals surface area (Å²) in [7, 11) is 0. The van der Waals surface area contributed by atoms with E-state index in [9.17, 15) is 4.79 Å². The third-order valence-electron chi connectivity index (χ3n) is 3.89. The second kappa shape index (κ2) is 4.66. The number of aromatic amines is 2. The van der Waals surface area contributed by atoms with Crippen LogP contribution >= 0.6 is 11.3 Å². The zero-order valence-electron chi connectivity index (χ0n) is 11.6. The highest BCUT2D eigenvalue weighted by Gasteiger charge is 2.26. The topological polar surface area (TPSA) is 74.4 Å². The molecule has 0 aliphatic heterocycles. The van der Waals surface area contributed by atoms with Gasteiger partial charge in [0.15, 0.2) is 5.78 Å². The summed E-state index contributed by atoms with van der Waals surface area (Å²) < 4.78 is 0. The van der Waals surface area contributed by atoms with E-state index in [-0.39, 0.29) is 5.78 Å². The number of Topliss-reactive ketones (excluding diaryl/α,β-unsaturated/α-hetero) is 1. The van der Waals surface area contributed by atoms with Crippen LogP contribution in [0.3, 0.4) is 0 Å². The summed E-state index contributed by atoms with van der Waals surface area (Å²) >= 11 is 1.58. The van der Waals surface area contributed by atoms with Gasteiger partial charge in [-0.15, -0.1) is 11.3 Å². The van der Waals surface area contributed by atoms with E-state index in [4.69, 9.17) is 0 Å². The van der Waals surface area contributed by atoms with E-state index < -0.39 is 0 Å². The lowest BCUT2D eigenvalue weighted by molar-refractivity contribution is 0.0972. The van der Waals surface area contributed by atoms with Gasteiger partial charge in [-0.25, -0.2) is 4.98 Å². The average Bonchev–Trinajstić information content (AvgIpc) is 3.17. The lowest BCUT2D eigenvalue weighted by Crippen LogP contribution is -2.09. The van der Waals surface area contributed by atoms with Gasteiger partial charge >= 0.3 is 0 Å². The monoisotopic (exact) mass is 298 g/mol. The van der Waals surface area contributed by atoms with Crippen LogP contribution in [-0.2, 0) is 6.42 Å². The van der Waals surface area contributed by atoms with Gasteiger partial charge in [-0.2, -0.15) is 5.10 Å². The first-order chi connectivity index (χ1) is 10.2. The molecule has 21 heavy (non-hydrogen) atoms. The minimum atomic E-state index is 0.250. The molecule has 3 aromatic heterocycles. The summed E-state index contributed by atoms with van der Waals surface area (Å²) in [6.07, 6.45) is 4.24. The highest BCUT2D eigenvalue weighted by Crippen LogP contribution is 2.35. The molecule has 0 fully saturated rings. The Balaban J connectivity index is 1.81. The molecule has 0 saturated carbocycles. The number of fused-ring (bicyclic) bond motifs is 1. The Hall–Kier alpha value is -2.21. The van der Waals surface area contributed by atoms with Gasteiger partial charge in [0.05, 0.1) is 17.1 Å². The van der Waals surface area contributed by atoms with E-state index >= 15 is 0 Å². The number of aromatic nitrogens is 4. The SMILES string of the molecule is Cc1[nH]c(-c2csc(-c3ccn[nH]3)n2)c2c1C(=O)CCC2. The predicted octanol–water partition coefficient (Wildman–Crippen LogP) is 3.36. The third kappa shape index (κ3) is 1.94. The van der Waals surface area contributed by atoms with Crippen LogP contribution in [0.1, 0.15) is 34.5 Å². The van der Waals surface area contributed by atoms with Crippen molar-refractivity contribution in [2.45, 2.75) is 26.2 Å². The Morgan fingerprint density at radius 2 is 2.24 bits per heavy atom. The van der Waals surface area contributed by atoms with Gasteiger partial charge in [-0.1, -0.05) is 0 Å². The van der Waals surface area contributed by atoms with E-state index in [1.165, 1.54) is 0 Å². The van der Waals surface area contributed by atoms with E-state index in [1.54, 1.807) is 17.5 Å². The molecule has 0 unspecified atom stereocenters. The average molecular weight is 298 g/mol. The highest BCUT2D eigenvalue weighted by atomic mass is 32.1. The van der Waals surface area contributed by atoms with Crippen molar-refractivity contribution in [2.24, 2.45) is 0 Å². The van der Waals surface area contributed by atoms with Crippen LogP contribution in [0, 0.1) is 6.92 Å². The number of nitrogens with one attached hydrogen (secondary N) is 2. The van der Waals surface area contributed by atoms with E-state index in [0.717, 1.165) is 51.8 Å². The number of carbonyl (C=O) groups is 1. The zero-order chi connectivity index (χ0) is 14.4. The van der Waals surface area contributed by atoms with E-state index in [1.807, 2.05) is 18.4 Å². The molecular weight excluding hydrogens is 284 g/mol. The van der Waals surface area contributed by atoms with E-state index in [2.05, 4.69) is 20.2 Å². The number of carbonyl (C=O) groups excluding carboxylic acids is 1. The summed E-state index contributed by atoms with van der Waals surface area (Å²) in [6, 6.07) is 1.90. The van der Waals surface area contributed by atoms with Crippen LogP contribution in [0.25, 0.3) is 22.1 Å². The number of rotatable bonds is 2. The second-order valence-electron chi connectivity index (χ2n) is 5.26. The largest absolute Gasteiger partial charge is 0.356 e. The second-order valence-corrected chi connectivity index (χ2v) is 6.12. The van der Waals surface area contributed by atoms with Crippen LogP contribution in [0.5, 0.6) is 0 Å². The molecule has 6 heteroatoms. The van der Waals surface area contributed by atoms with Crippen molar-refractivity contribution in [1.82, 2.24) is 20.2 Å². The quantitative estimate of drug-likeness (QED) is 0.762. The highest BCUT2D eigenvalue weighted by molar-refractivity contribution is 7.13. The molecule has 0 radical (unpaired) electrons. The van der Waals surface area contributed by atoms with Crippen LogP contribution in [0.2, 0.25) is 0 Å². The van der Waals surface area contributed by atoms with Crippen molar-refractivity contribution in [1.29, 1.82) is 0 Å². The number of hydrogen-bond donors (Lipinski definition) is 2. The van der Waals surface area contributed by atoms with Crippen molar-refractivity contribution in [3.63, 3.8) is 0 Å². The number of H-pyrrole nitrogens is 2. The number of nitrogens with zero attached hydrogens (tertiary/aromatic N) is 2. The van der Waals surface area contributed by atoms with Crippen LogP contribution in [0.15, 0.2) is 17.6 Å². The van der Waals surface area contributed by atoms with Crippen molar-refractivity contribution >= 4 is 17.1 Å². The standard InChI is InChI=1S/C15H14N4OS/c1-8-13-9(3-2-4-12(13)20)14(17-8)11-7-21-15(18-11)10-5-6-16-19-10/h5-7,17H,2-4H2,1H3,(H,16,19). The van der Waals surface area contributed by atoms with Crippen LogP contribution < -0.4 is 0 Å². The zero-order valence-corrected chi connectivity index (χ0v) is 12.4. The summed E-state index contributed by atoms with van der Waals surface area (Å²) in [6.45, 7) is 1.97. The maximum Gasteiger partial charge on any atom is 0.164 e. The fourth-order valence-corrected chi connectivity index (χ4v) is 3.75. The fourth-order valence-electron chi connectivity index (χ4n) is 2.96. The summed E-state index contributed by atoms with van der Waals surface area (Å²) in [5.74, 6) is 0.250. The molecule has 3 aromatic rings. The first kappa shape index (κ1) is 12.5. The van der Waals surface area contributed by atoms with Gasteiger partial charge in [0.1, 0.15) is 5.01 Å². The molecule has 3 heterocycles. The predicted molar refractivity (Wildman–Crippen MR) is 81.5 cm³/mol. The lowest BCUT2D eigenvalue weighted by atomic mass is 9.91. The first-order valence-corrected chi connectivity index (χ1v) is 7.82. The fraction of sp³-hybridized carbons (Fsp3) is 0.267. The Morgan fingerprint density at radius 1 is 1.33 bits per heavy atom. The third-order valence-corrected chi connectivity index (χ3v) is 4.77. The Morgan fingerprint density at radius 3 is 3.05 bits per heavy atom. The van der Waals surface area contributed by atoms with Crippen LogP contribution in [-0.4, -0.2) is 25.9 Å². The van der Waals surface area contributed by atoms with Crippen molar-refractivity contribution in [3.05, 3.63) is 34.5 Å². The van der Waals surface area contributed by atoms with Gasteiger partial charge in [0.2, 0.25) is 0 Å². The van der Waals surface area contributed by atoms with Gasteiger partial charge in [-0.3, -0.25) is 9.89 Å². The number of thiazole rings is 1. The summed E-state index contributed by atoms with van der Waals surface area (Å²) in [4.78, 5) is 20.1. The minimum Gasteiger partial charge on any atom is -0.356 e. The molecular formula is C15H14N4OS. The molecule has 0 bridgehead atoms. The van der Waals surface area contributed by atoms with Gasteiger partial charge in [0, 0.05) is 29.3 Å². The molecule has 5 nitrogen and oxygen atoms in total. The molecule has 0 amide bonds. The number of hydrogen-bond acceptors (Lipinski definition) is 4. The summed E-state index contributed by atoms with van der Waals surface area (Å²) in [5.41, 5.74) is 5.79. The maximum atomic E-state index is 12.1. The molecule has 4 rings (SSSR count). The molecule has 1 aliphatic rings. The smallest absolute Gasteiger partial charge is 0.164 e. The van der Waals surface area contributed by atoms with Crippen molar-refractivity contribution in [3.8, 4) is 22.1 Å². The Bertz CT molecular complexity index is 813. The molecule has 1 aliphatic carbocycles. The maximum absolute atomic E-state index is 12.1. The molecule has 2 N–H and O–H groups in total. The normalized spacial score (nSPS) is 14.4. The van der Waals surface area contributed by atoms with Gasteiger partial charge in [0.25, 0.3) is 0 Å². The van der Waals surface area contributed by atoms with Crippen molar-refractivity contribution in [2.75, 3.05) is 0 Å². The molecule has 0 spiro atoms. The Kier molecular flexibility index (Phi) is 2.78. The first-order valence-electron chi connectivity index (χ1n) is 6.94. The molecule has 0 aromatic carbocycles. The minimum absolute atomic E-state index is 0.250. The Labute approximate surface area is 125 Å².